The lowest BCUT2D eigenvalue weighted by atomic mass is 10.0. The van der Waals surface area contributed by atoms with Gasteiger partial charge in [0.2, 0.25) is 21.8 Å². The van der Waals surface area contributed by atoms with Crippen LogP contribution in [-0.4, -0.2) is 32.3 Å². The molecule has 2 amide bonds. The Bertz CT molecular complexity index is 1140. The van der Waals surface area contributed by atoms with Gasteiger partial charge in [0, 0.05) is 24.3 Å². The van der Waals surface area contributed by atoms with Gasteiger partial charge in [-0.1, -0.05) is 39.8 Å². The van der Waals surface area contributed by atoms with E-state index >= 15 is 0 Å². The highest BCUT2D eigenvalue weighted by molar-refractivity contribution is 7.89. The maximum atomic E-state index is 13.1. The van der Waals surface area contributed by atoms with E-state index in [0.29, 0.717) is 18.0 Å². The number of carbonyl (C=O) groups is 2. The average molecular weight is 472 g/mol. The van der Waals surface area contributed by atoms with Crippen molar-refractivity contribution in [3.8, 4) is 0 Å². The molecule has 2 aromatic rings. The molecular formula is C25H33N3O4S. The van der Waals surface area contributed by atoms with Crippen molar-refractivity contribution in [2.24, 2.45) is 5.92 Å². The third kappa shape index (κ3) is 5.45. The fourth-order valence-electron chi connectivity index (χ4n) is 4.15. The molecule has 7 nitrogen and oxygen atoms in total. The van der Waals surface area contributed by atoms with Gasteiger partial charge < -0.3 is 10.2 Å². The van der Waals surface area contributed by atoms with Crippen LogP contribution < -0.4 is 14.9 Å². The number of benzene rings is 2. The van der Waals surface area contributed by atoms with E-state index in [2.05, 4.69) is 23.9 Å². The topological polar surface area (TPSA) is 95.6 Å². The zero-order valence-electron chi connectivity index (χ0n) is 20.0. The summed E-state index contributed by atoms with van der Waals surface area (Å²) in [5.74, 6) is -0.378. The Morgan fingerprint density at radius 3 is 2.21 bits per heavy atom. The van der Waals surface area contributed by atoms with E-state index in [4.69, 9.17) is 0 Å². The summed E-state index contributed by atoms with van der Waals surface area (Å²) in [6.45, 7) is 11.2. The van der Waals surface area contributed by atoms with Crippen molar-refractivity contribution in [2.75, 3.05) is 10.2 Å². The van der Waals surface area contributed by atoms with Gasteiger partial charge in [0.05, 0.1) is 4.90 Å². The number of anilines is 2. The standard InChI is InChI=1S/C25H33N3O4S/c1-15(2)19-7-9-21(10-8-19)26-25(30)24(16(3)4)27-33(31,32)22-11-12-23-20(14-22)13-17(5)28(23)18(6)29/h7-12,14-17,24,27H,13H2,1-6H3,(H,26,30)/t17-,24+/m1/s1. The molecule has 0 aromatic heterocycles. The van der Waals surface area contributed by atoms with Crippen LogP contribution in [0.1, 0.15) is 58.6 Å². The van der Waals surface area contributed by atoms with Crippen molar-refractivity contribution in [1.29, 1.82) is 0 Å². The fourth-order valence-corrected chi connectivity index (χ4v) is 5.55. The molecule has 178 valence electrons. The summed E-state index contributed by atoms with van der Waals surface area (Å²) in [5.41, 5.74) is 3.31. The zero-order valence-corrected chi connectivity index (χ0v) is 20.9. The first-order valence-corrected chi connectivity index (χ1v) is 12.7. The summed E-state index contributed by atoms with van der Waals surface area (Å²) in [7, 11) is -3.95. The van der Waals surface area contributed by atoms with Crippen LogP contribution in [0.2, 0.25) is 0 Å². The largest absolute Gasteiger partial charge is 0.325 e. The number of hydrogen-bond acceptors (Lipinski definition) is 4. The first kappa shape index (κ1) is 24.9. The lowest BCUT2D eigenvalue weighted by Crippen LogP contribution is -2.47. The Labute approximate surface area is 196 Å². The molecular weight excluding hydrogens is 438 g/mol. The van der Waals surface area contributed by atoms with Crippen LogP contribution in [0.15, 0.2) is 47.4 Å². The molecule has 1 aliphatic rings. The number of nitrogens with zero attached hydrogens (tertiary/aromatic N) is 1. The third-order valence-corrected chi connectivity index (χ3v) is 7.43. The number of fused-ring (bicyclic) bond motifs is 1. The molecule has 0 bridgehead atoms. The molecule has 2 N–H and O–H groups in total. The van der Waals surface area contributed by atoms with Crippen LogP contribution in [-0.2, 0) is 26.0 Å². The first-order valence-electron chi connectivity index (χ1n) is 11.3. The Kier molecular flexibility index (Phi) is 7.29. The molecule has 0 saturated carbocycles. The molecule has 2 aromatic carbocycles. The predicted molar refractivity (Wildman–Crippen MR) is 131 cm³/mol. The molecule has 0 saturated heterocycles. The average Bonchev–Trinajstić information content (AvgIpc) is 3.07. The number of hydrogen-bond donors (Lipinski definition) is 2. The van der Waals surface area contributed by atoms with Crippen molar-refractivity contribution in [1.82, 2.24) is 4.72 Å². The van der Waals surface area contributed by atoms with E-state index in [-0.39, 0.29) is 22.8 Å². The van der Waals surface area contributed by atoms with E-state index in [1.54, 1.807) is 30.9 Å². The lowest BCUT2D eigenvalue weighted by Gasteiger charge is -2.22. The van der Waals surface area contributed by atoms with Gasteiger partial charge in [-0.3, -0.25) is 9.59 Å². The number of nitrogens with one attached hydrogen (secondary N) is 2. The summed E-state index contributed by atoms with van der Waals surface area (Å²) in [6.07, 6.45) is 0.582. The molecule has 0 radical (unpaired) electrons. The summed E-state index contributed by atoms with van der Waals surface area (Å²) >= 11 is 0. The number of amides is 2. The SMILES string of the molecule is CC(=O)N1c2ccc(S(=O)(=O)N[C@H](C(=O)Nc3ccc(C(C)C)cc3)C(C)C)cc2C[C@H]1C. The molecule has 8 heteroatoms. The second-order valence-electron chi connectivity index (χ2n) is 9.34. The smallest absolute Gasteiger partial charge is 0.242 e. The summed E-state index contributed by atoms with van der Waals surface area (Å²) < 4.78 is 28.9. The molecule has 0 spiro atoms. The number of rotatable bonds is 7. The van der Waals surface area contributed by atoms with Gasteiger partial charge >= 0.3 is 0 Å². The van der Waals surface area contributed by atoms with E-state index in [1.165, 1.54) is 13.0 Å². The number of sulfonamides is 1. The monoisotopic (exact) mass is 471 g/mol. The first-order chi connectivity index (χ1) is 15.4. The van der Waals surface area contributed by atoms with E-state index in [1.807, 2.05) is 31.2 Å². The molecule has 1 aliphatic heterocycles. The third-order valence-electron chi connectivity index (χ3n) is 5.99. The lowest BCUT2D eigenvalue weighted by molar-refractivity contribution is -0.118. The highest BCUT2D eigenvalue weighted by Gasteiger charge is 2.32. The normalized spacial score (nSPS) is 16.7. The Balaban J connectivity index is 1.79. The van der Waals surface area contributed by atoms with Gasteiger partial charge in [-0.2, -0.15) is 4.72 Å². The predicted octanol–water partition coefficient (Wildman–Crippen LogP) is 4.05. The van der Waals surface area contributed by atoms with E-state index in [0.717, 1.165) is 16.8 Å². The van der Waals surface area contributed by atoms with E-state index < -0.39 is 22.0 Å². The van der Waals surface area contributed by atoms with Crippen LogP contribution in [0.3, 0.4) is 0 Å². The maximum absolute atomic E-state index is 13.1. The molecule has 2 atom stereocenters. The second-order valence-corrected chi connectivity index (χ2v) is 11.1. The molecule has 0 aliphatic carbocycles. The Morgan fingerprint density at radius 1 is 1.03 bits per heavy atom. The van der Waals surface area contributed by atoms with Gasteiger partial charge in [-0.05, 0) is 66.6 Å². The molecule has 0 fully saturated rings. The molecule has 0 unspecified atom stereocenters. The molecule has 33 heavy (non-hydrogen) atoms. The van der Waals surface area contributed by atoms with Crippen molar-refractivity contribution in [3.63, 3.8) is 0 Å². The Hall–Kier alpha value is -2.71. The minimum Gasteiger partial charge on any atom is -0.325 e. The second kappa shape index (κ2) is 9.65. The van der Waals surface area contributed by atoms with Gasteiger partial charge in [0.25, 0.3) is 0 Å². The highest BCUT2D eigenvalue weighted by atomic mass is 32.2. The summed E-state index contributed by atoms with van der Waals surface area (Å²) in [4.78, 5) is 26.7. The zero-order chi connectivity index (χ0) is 24.5. The molecule has 3 rings (SSSR count). The van der Waals surface area contributed by atoms with Crippen LogP contribution >= 0.6 is 0 Å². The van der Waals surface area contributed by atoms with Crippen molar-refractivity contribution < 1.29 is 18.0 Å². The van der Waals surface area contributed by atoms with Crippen molar-refractivity contribution in [2.45, 2.75) is 70.9 Å². The van der Waals surface area contributed by atoms with Crippen LogP contribution in [0.4, 0.5) is 11.4 Å². The highest BCUT2D eigenvalue weighted by Crippen LogP contribution is 2.34. The van der Waals surface area contributed by atoms with Crippen molar-refractivity contribution >= 4 is 33.2 Å². The molecule has 1 heterocycles. The maximum Gasteiger partial charge on any atom is 0.242 e. The van der Waals surface area contributed by atoms with Gasteiger partial charge in [0.1, 0.15) is 6.04 Å². The minimum absolute atomic E-state index is 0.0281. The van der Waals surface area contributed by atoms with Crippen LogP contribution in [0, 0.1) is 5.92 Å². The Morgan fingerprint density at radius 2 is 1.67 bits per heavy atom. The van der Waals surface area contributed by atoms with Gasteiger partial charge in [-0.25, -0.2) is 8.42 Å². The number of carbonyl (C=O) groups excluding carboxylic acids is 2. The van der Waals surface area contributed by atoms with Gasteiger partial charge in [0.15, 0.2) is 0 Å². The van der Waals surface area contributed by atoms with Crippen LogP contribution in [0.25, 0.3) is 0 Å². The van der Waals surface area contributed by atoms with Crippen LogP contribution in [0.5, 0.6) is 0 Å². The summed E-state index contributed by atoms with van der Waals surface area (Å²) in [6, 6.07) is 11.3. The van der Waals surface area contributed by atoms with Crippen molar-refractivity contribution in [3.05, 3.63) is 53.6 Å². The summed E-state index contributed by atoms with van der Waals surface area (Å²) in [5, 5.41) is 2.82. The fraction of sp³-hybridized carbons (Fsp3) is 0.440. The van der Waals surface area contributed by atoms with E-state index in [9.17, 15) is 18.0 Å². The minimum atomic E-state index is -3.95. The van der Waals surface area contributed by atoms with Gasteiger partial charge in [-0.15, -0.1) is 0 Å². The quantitative estimate of drug-likeness (QED) is 0.637.